The lowest BCUT2D eigenvalue weighted by atomic mass is 9.88. The van der Waals surface area contributed by atoms with E-state index in [1.54, 1.807) is 24.3 Å². The topological polar surface area (TPSA) is 66.5 Å². The molecule has 0 saturated heterocycles. The van der Waals surface area contributed by atoms with Gasteiger partial charge in [-0.2, -0.15) is 4.31 Å². The number of hydrogen-bond donors (Lipinski definition) is 1. The molecule has 1 atom stereocenters. The van der Waals surface area contributed by atoms with E-state index in [0.29, 0.717) is 0 Å². The first-order chi connectivity index (χ1) is 15.8. The first kappa shape index (κ1) is 23.2. The van der Waals surface area contributed by atoms with Gasteiger partial charge in [0.1, 0.15) is 0 Å². The summed E-state index contributed by atoms with van der Waals surface area (Å²) in [6, 6.07) is 22.5. The number of hydrogen-bond acceptors (Lipinski definition) is 3. The molecule has 0 heterocycles. The van der Waals surface area contributed by atoms with E-state index < -0.39 is 10.0 Å². The Kier molecular flexibility index (Phi) is 6.96. The van der Waals surface area contributed by atoms with Gasteiger partial charge in [0.05, 0.1) is 17.5 Å². The number of amides is 1. The molecule has 0 spiro atoms. The Labute approximate surface area is 196 Å². The van der Waals surface area contributed by atoms with Crippen molar-refractivity contribution in [2.24, 2.45) is 0 Å². The number of aryl methyl sites for hydroxylation is 3. The van der Waals surface area contributed by atoms with E-state index in [4.69, 9.17) is 0 Å². The first-order valence-corrected chi connectivity index (χ1v) is 12.8. The SMILES string of the molecule is Cc1ccc(CN(CC(=O)N[C@@H]2CCCc3ccccc32)S(=O)(=O)c2ccc(C)cc2)cc1. The van der Waals surface area contributed by atoms with Crippen LogP contribution in [0.4, 0.5) is 0 Å². The van der Waals surface area contributed by atoms with Crippen molar-refractivity contribution in [3.05, 3.63) is 101 Å². The van der Waals surface area contributed by atoms with Gasteiger partial charge in [-0.3, -0.25) is 4.79 Å². The molecule has 1 aliphatic carbocycles. The quantitative estimate of drug-likeness (QED) is 0.554. The van der Waals surface area contributed by atoms with Gasteiger partial charge in [0.25, 0.3) is 0 Å². The van der Waals surface area contributed by atoms with Crippen molar-refractivity contribution >= 4 is 15.9 Å². The third-order valence-corrected chi connectivity index (χ3v) is 7.97. The van der Waals surface area contributed by atoms with Crippen LogP contribution in [-0.4, -0.2) is 25.2 Å². The Hall–Kier alpha value is -2.96. The van der Waals surface area contributed by atoms with Crippen LogP contribution in [0.2, 0.25) is 0 Å². The van der Waals surface area contributed by atoms with Crippen LogP contribution >= 0.6 is 0 Å². The van der Waals surface area contributed by atoms with Gasteiger partial charge in [-0.1, -0.05) is 71.8 Å². The Morgan fingerprint density at radius 1 is 0.939 bits per heavy atom. The molecule has 3 aromatic carbocycles. The van der Waals surface area contributed by atoms with Gasteiger partial charge >= 0.3 is 0 Å². The summed E-state index contributed by atoms with van der Waals surface area (Å²) in [4.78, 5) is 13.3. The summed E-state index contributed by atoms with van der Waals surface area (Å²) in [5, 5.41) is 3.09. The van der Waals surface area contributed by atoms with Crippen molar-refractivity contribution < 1.29 is 13.2 Å². The molecule has 5 nitrogen and oxygen atoms in total. The number of benzene rings is 3. The fourth-order valence-electron chi connectivity index (χ4n) is 4.29. The van der Waals surface area contributed by atoms with E-state index in [1.807, 2.05) is 56.3 Å². The maximum Gasteiger partial charge on any atom is 0.243 e. The molecular weight excluding hydrogens is 432 g/mol. The average molecular weight is 463 g/mol. The minimum absolute atomic E-state index is 0.0919. The fraction of sp³-hybridized carbons (Fsp3) is 0.296. The third-order valence-electron chi connectivity index (χ3n) is 6.16. The molecule has 1 aliphatic rings. The summed E-state index contributed by atoms with van der Waals surface area (Å²) in [6.45, 7) is 3.80. The van der Waals surface area contributed by atoms with Crippen molar-refractivity contribution in [3.63, 3.8) is 0 Å². The average Bonchev–Trinajstić information content (AvgIpc) is 2.80. The normalized spacial score (nSPS) is 15.8. The van der Waals surface area contributed by atoms with E-state index >= 15 is 0 Å². The second kappa shape index (κ2) is 9.89. The summed E-state index contributed by atoms with van der Waals surface area (Å²) in [5.74, 6) is -0.292. The second-order valence-electron chi connectivity index (χ2n) is 8.78. The number of carbonyl (C=O) groups is 1. The van der Waals surface area contributed by atoms with E-state index in [-0.39, 0.29) is 29.9 Å². The smallest absolute Gasteiger partial charge is 0.243 e. The summed E-state index contributed by atoms with van der Waals surface area (Å²) < 4.78 is 28.2. The van der Waals surface area contributed by atoms with Crippen molar-refractivity contribution in [3.8, 4) is 0 Å². The zero-order valence-electron chi connectivity index (χ0n) is 19.1. The molecule has 0 aliphatic heterocycles. The van der Waals surface area contributed by atoms with Gasteiger partial charge in [0.15, 0.2) is 0 Å². The first-order valence-electron chi connectivity index (χ1n) is 11.3. The van der Waals surface area contributed by atoms with Crippen LogP contribution in [-0.2, 0) is 27.8 Å². The van der Waals surface area contributed by atoms with Crippen molar-refractivity contribution in [1.82, 2.24) is 9.62 Å². The number of nitrogens with zero attached hydrogens (tertiary/aromatic N) is 1. The van der Waals surface area contributed by atoms with Crippen molar-refractivity contribution in [2.45, 2.75) is 50.6 Å². The zero-order valence-corrected chi connectivity index (χ0v) is 19.9. The fourth-order valence-corrected chi connectivity index (χ4v) is 5.67. The highest BCUT2D eigenvalue weighted by atomic mass is 32.2. The molecule has 0 aromatic heterocycles. The number of fused-ring (bicyclic) bond motifs is 1. The molecule has 0 bridgehead atoms. The molecule has 0 saturated carbocycles. The minimum Gasteiger partial charge on any atom is -0.348 e. The number of nitrogens with one attached hydrogen (secondary N) is 1. The van der Waals surface area contributed by atoms with Crippen LogP contribution in [0.25, 0.3) is 0 Å². The van der Waals surface area contributed by atoms with Gasteiger partial charge < -0.3 is 5.32 Å². The lowest BCUT2D eigenvalue weighted by Crippen LogP contribution is -2.42. The Balaban J connectivity index is 1.57. The highest BCUT2D eigenvalue weighted by molar-refractivity contribution is 7.89. The molecule has 172 valence electrons. The summed E-state index contributed by atoms with van der Waals surface area (Å²) in [5.41, 5.74) is 5.29. The maximum atomic E-state index is 13.5. The van der Waals surface area contributed by atoms with Crippen LogP contribution in [0, 0.1) is 13.8 Å². The molecular formula is C27H30N2O3S. The van der Waals surface area contributed by atoms with E-state index in [1.165, 1.54) is 9.87 Å². The summed E-state index contributed by atoms with van der Waals surface area (Å²) >= 11 is 0. The number of rotatable bonds is 7. The lowest BCUT2D eigenvalue weighted by Gasteiger charge is -2.28. The zero-order chi connectivity index (χ0) is 23.4. The second-order valence-corrected chi connectivity index (χ2v) is 10.7. The highest BCUT2D eigenvalue weighted by Gasteiger charge is 2.29. The van der Waals surface area contributed by atoms with E-state index in [0.717, 1.165) is 41.5 Å². The van der Waals surface area contributed by atoms with Crippen LogP contribution in [0.5, 0.6) is 0 Å². The lowest BCUT2D eigenvalue weighted by molar-refractivity contribution is -0.122. The predicted octanol–water partition coefficient (Wildman–Crippen LogP) is 4.69. The maximum absolute atomic E-state index is 13.5. The molecule has 6 heteroatoms. The Morgan fingerprint density at radius 3 is 2.27 bits per heavy atom. The number of carbonyl (C=O) groups excluding carboxylic acids is 1. The van der Waals surface area contributed by atoms with Gasteiger partial charge in [0.2, 0.25) is 15.9 Å². The van der Waals surface area contributed by atoms with Gasteiger partial charge in [0, 0.05) is 6.54 Å². The van der Waals surface area contributed by atoms with Crippen LogP contribution in [0.15, 0.2) is 77.7 Å². The molecule has 4 rings (SSSR count). The van der Waals surface area contributed by atoms with Crippen LogP contribution < -0.4 is 5.32 Å². The largest absolute Gasteiger partial charge is 0.348 e. The monoisotopic (exact) mass is 462 g/mol. The minimum atomic E-state index is -3.85. The molecule has 33 heavy (non-hydrogen) atoms. The Bertz CT molecular complexity index is 1220. The molecule has 1 amide bonds. The standard InChI is InChI=1S/C27H30N2O3S/c1-20-10-14-22(15-11-20)18-29(33(31,32)24-16-12-21(2)13-17-24)19-27(30)28-26-9-5-7-23-6-3-4-8-25(23)26/h3-4,6,8,10-17,26H,5,7,9,18-19H2,1-2H3,(H,28,30)/t26-/m1/s1. The van der Waals surface area contributed by atoms with Crippen molar-refractivity contribution in [1.29, 1.82) is 0 Å². The van der Waals surface area contributed by atoms with E-state index in [2.05, 4.69) is 11.4 Å². The highest BCUT2D eigenvalue weighted by Crippen LogP contribution is 2.29. The Morgan fingerprint density at radius 2 is 1.58 bits per heavy atom. The van der Waals surface area contributed by atoms with Crippen LogP contribution in [0.1, 0.15) is 46.7 Å². The van der Waals surface area contributed by atoms with Crippen molar-refractivity contribution in [2.75, 3.05) is 6.54 Å². The third kappa shape index (κ3) is 5.52. The van der Waals surface area contributed by atoms with Gasteiger partial charge in [-0.25, -0.2) is 8.42 Å². The van der Waals surface area contributed by atoms with Gasteiger partial charge in [-0.15, -0.1) is 0 Å². The summed E-state index contributed by atoms with van der Waals surface area (Å²) in [7, 11) is -3.85. The molecule has 0 fully saturated rings. The predicted molar refractivity (Wildman–Crippen MR) is 130 cm³/mol. The number of sulfonamides is 1. The molecule has 0 unspecified atom stereocenters. The van der Waals surface area contributed by atoms with Crippen LogP contribution in [0.3, 0.4) is 0 Å². The molecule has 3 aromatic rings. The van der Waals surface area contributed by atoms with E-state index in [9.17, 15) is 13.2 Å². The molecule has 1 N–H and O–H groups in total. The summed E-state index contributed by atoms with van der Waals surface area (Å²) in [6.07, 6.45) is 2.85. The van der Waals surface area contributed by atoms with Gasteiger partial charge in [-0.05, 0) is 61.9 Å². The molecule has 0 radical (unpaired) electrons.